The Kier molecular flexibility index (Phi) is 3.86. The number of amides is 1. The zero-order valence-electron chi connectivity index (χ0n) is 12.9. The molecule has 0 radical (unpaired) electrons. The Labute approximate surface area is 143 Å². The summed E-state index contributed by atoms with van der Waals surface area (Å²) in [6.07, 6.45) is 1.56. The highest BCUT2D eigenvalue weighted by Gasteiger charge is 2.21. The van der Waals surface area contributed by atoms with Crippen molar-refractivity contribution in [1.82, 2.24) is 4.98 Å². The summed E-state index contributed by atoms with van der Waals surface area (Å²) in [5, 5.41) is 2.86. The average Bonchev–Trinajstić information content (AvgIpc) is 3.25. The SMILES string of the molecule is O=C1CCCN1c1ccc(-c2csc(-c3ccc(F)cc3)n2)cc1. The summed E-state index contributed by atoms with van der Waals surface area (Å²) in [6, 6.07) is 14.3. The summed E-state index contributed by atoms with van der Waals surface area (Å²) in [6.45, 7) is 0.795. The molecule has 1 amide bonds. The molecular weight excluding hydrogens is 323 g/mol. The molecule has 2 heterocycles. The number of anilines is 1. The third-order valence-electron chi connectivity index (χ3n) is 4.14. The van der Waals surface area contributed by atoms with Gasteiger partial charge in [-0.1, -0.05) is 12.1 Å². The highest BCUT2D eigenvalue weighted by Crippen LogP contribution is 2.30. The van der Waals surface area contributed by atoms with Crippen molar-refractivity contribution in [1.29, 1.82) is 0 Å². The summed E-state index contributed by atoms with van der Waals surface area (Å²) < 4.78 is 13.0. The molecule has 0 bridgehead atoms. The number of benzene rings is 2. The first-order valence-corrected chi connectivity index (χ1v) is 8.71. The third-order valence-corrected chi connectivity index (χ3v) is 5.03. The highest BCUT2D eigenvalue weighted by molar-refractivity contribution is 7.13. The molecule has 24 heavy (non-hydrogen) atoms. The fourth-order valence-corrected chi connectivity index (χ4v) is 3.70. The third kappa shape index (κ3) is 2.83. The molecule has 0 saturated carbocycles. The van der Waals surface area contributed by atoms with E-state index in [0.29, 0.717) is 6.42 Å². The Morgan fingerprint density at radius 1 is 1.00 bits per heavy atom. The monoisotopic (exact) mass is 338 g/mol. The number of carbonyl (C=O) groups is 1. The standard InChI is InChI=1S/C19H15FN2OS/c20-15-7-3-14(4-8-15)19-21-17(12-24-19)13-5-9-16(10-6-13)22-11-1-2-18(22)23/h3-10,12H,1-2,11H2. The normalized spacial score (nSPS) is 14.4. The fraction of sp³-hybridized carbons (Fsp3) is 0.158. The Morgan fingerprint density at radius 2 is 1.71 bits per heavy atom. The van der Waals surface area contributed by atoms with E-state index >= 15 is 0 Å². The summed E-state index contributed by atoms with van der Waals surface area (Å²) in [5.74, 6) is -0.0578. The van der Waals surface area contributed by atoms with Gasteiger partial charge in [0.25, 0.3) is 0 Å². The fourth-order valence-electron chi connectivity index (χ4n) is 2.86. The first kappa shape index (κ1) is 15.0. The van der Waals surface area contributed by atoms with Crippen molar-refractivity contribution in [2.45, 2.75) is 12.8 Å². The topological polar surface area (TPSA) is 33.2 Å². The second-order valence-electron chi connectivity index (χ2n) is 5.74. The van der Waals surface area contributed by atoms with Crippen LogP contribution in [0.2, 0.25) is 0 Å². The van der Waals surface area contributed by atoms with Crippen LogP contribution in [-0.4, -0.2) is 17.4 Å². The van der Waals surface area contributed by atoms with Gasteiger partial charge < -0.3 is 4.90 Å². The van der Waals surface area contributed by atoms with Crippen LogP contribution >= 0.6 is 11.3 Å². The molecule has 5 heteroatoms. The number of nitrogens with zero attached hydrogens (tertiary/aromatic N) is 2. The van der Waals surface area contributed by atoms with Gasteiger partial charge in [0.2, 0.25) is 5.91 Å². The molecular formula is C19H15FN2OS. The predicted octanol–water partition coefficient (Wildman–Crippen LogP) is 4.74. The Morgan fingerprint density at radius 3 is 2.38 bits per heavy atom. The van der Waals surface area contributed by atoms with Crippen molar-refractivity contribution in [2.24, 2.45) is 0 Å². The molecule has 0 unspecified atom stereocenters. The lowest BCUT2D eigenvalue weighted by Gasteiger charge is -2.15. The van der Waals surface area contributed by atoms with Crippen molar-refractivity contribution < 1.29 is 9.18 Å². The number of carbonyl (C=O) groups excluding carboxylic acids is 1. The smallest absolute Gasteiger partial charge is 0.227 e. The molecule has 1 saturated heterocycles. The number of aromatic nitrogens is 1. The van der Waals surface area contributed by atoms with Crippen molar-refractivity contribution in [2.75, 3.05) is 11.4 Å². The highest BCUT2D eigenvalue weighted by atomic mass is 32.1. The number of hydrogen-bond donors (Lipinski definition) is 0. The van der Waals surface area contributed by atoms with E-state index in [0.717, 1.165) is 40.5 Å². The maximum absolute atomic E-state index is 13.0. The van der Waals surface area contributed by atoms with E-state index < -0.39 is 0 Å². The van der Waals surface area contributed by atoms with E-state index in [1.807, 2.05) is 34.5 Å². The molecule has 3 aromatic rings. The second-order valence-corrected chi connectivity index (χ2v) is 6.60. The lowest BCUT2D eigenvalue weighted by molar-refractivity contribution is -0.117. The second kappa shape index (κ2) is 6.17. The van der Waals surface area contributed by atoms with Gasteiger partial charge in [0.15, 0.2) is 0 Å². The van der Waals surface area contributed by atoms with Gasteiger partial charge in [-0.05, 0) is 42.8 Å². The van der Waals surface area contributed by atoms with Crippen LogP contribution in [0, 0.1) is 5.82 Å². The van der Waals surface area contributed by atoms with E-state index in [1.54, 1.807) is 12.1 Å². The van der Waals surface area contributed by atoms with Crippen molar-refractivity contribution in [3.05, 3.63) is 59.7 Å². The molecule has 1 aromatic heterocycles. The van der Waals surface area contributed by atoms with Gasteiger partial charge in [-0.3, -0.25) is 4.79 Å². The Balaban J connectivity index is 1.58. The van der Waals surface area contributed by atoms with Crippen molar-refractivity contribution in [3.63, 3.8) is 0 Å². The molecule has 2 aromatic carbocycles. The first-order chi connectivity index (χ1) is 11.7. The van der Waals surface area contributed by atoms with Crippen molar-refractivity contribution in [3.8, 4) is 21.8 Å². The maximum atomic E-state index is 13.0. The number of hydrogen-bond acceptors (Lipinski definition) is 3. The lowest BCUT2D eigenvalue weighted by Crippen LogP contribution is -2.23. The largest absolute Gasteiger partial charge is 0.312 e. The quantitative estimate of drug-likeness (QED) is 0.691. The maximum Gasteiger partial charge on any atom is 0.227 e. The summed E-state index contributed by atoms with van der Waals surface area (Å²) in [4.78, 5) is 18.3. The summed E-state index contributed by atoms with van der Waals surface area (Å²) >= 11 is 1.54. The van der Waals surface area contributed by atoms with Gasteiger partial charge >= 0.3 is 0 Å². The molecule has 1 aliphatic rings. The van der Waals surface area contributed by atoms with Crippen LogP contribution in [0.5, 0.6) is 0 Å². The van der Waals surface area contributed by atoms with Crippen LogP contribution in [0.15, 0.2) is 53.9 Å². The van der Waals surface area contributed by atoms with Crippen molar-refractivity contribution >= 4 is 22.9 Å². The minimum Gasteiger partial charge on any atom is -0.312 e. The molecule has 1 fully saturated rings. The predicted molar refractivity (Wildman–Crippen MR) is 94.5 cm³/mol. The minimum absolute atomic E-state index is 0.190. The molecule has 120 valence electrons. The average molecular weight is 338 g/mol. The molecule has 3 nitrogen and oxygen atoms in total. The van der Waals surface area contributed by atoms with E-state index in [9.17, 15) is 9.18 Å². The minimum atomic E-state index is -0.248. The van der Waals surface area contributed by atoms with Gasteiger partial charge in [-0.15, -0.1) is 11.3 Å². The van der Waals surface area contributed by atoms with E-state index in [2.05, 4.69) is 4.98 Å². The number of rotatable bonds is 3. The van der Waals surface area contributed by atoms with Crippen LogP contribution in [0.1, 0.15) is 12.8 Å². The Bertz CT molecular complexity index is 871. The summed E-state index contributed by atoms with van der Waals surface area (Å²) in [5.41, 5.74) is 3.75. The molecule has 4 rings (SSSR count). The molecule has 0 spiro atoms. The van der Waals surface area contributed by atoms with Crippen LogP contribution in [0.4, 0.5) is 10.1 Å². The molecule has 0 aliphatic carbocycles. The van der Waals surface area contributed by atoms with Crippen LogP contribution in [0.25, 0.3) is 21.8 Å². The van der Waals surface area contributed by atoms with E-state index in [4.69, 9.17) is 0 Å². The van der Waals surface area contributed by atoms with Gasteiger partial charge in [0, 0.05) is 35.2 Å². The van der Waals surface area contributed by atoms with E-state index in [-0.39, 0.29) is 11.7 Å². The van der Waals surface area contributed by atoms with E-state index in [1.165, 1.54) is 23.5 Å². The first-order valence-electron chi connectivity index (χ1n) is 7.83. The van der Waals surface area contributed by atoms with Gasteiger partial charge in [-0.25, -0.2) is 9.37 Å². The Hall–Kier alpha value is -2.53. The van der Waals surface area contributed by atoms with Gasteiger partial charge in [0.1, 0.15) is 10.8 Å². The number of thiazole rings is 1. The number of halogens is 1. The molecule has 1 aliphatic heterocycles. The zero-order chi connectivity index (χ0) is 16.5. The van der Waals surface area contributed by atoms with Gasteiger partial charge in [-0.2, -0.15) is 0 Å². The van der Waals surface area contributed by atoms with Gasteiger partial charge in [0.05, 0.1) is 5.69 Å². The lowest BCUT2D eigenvalue weighted by atomic mass is 10.1. The van der Waals surface area contributed by atoms with Crippen LogP contribution in [0.3, 0.4) is 0 Å². The molecule has 0 atom stereocenters. The summed E-state index contributed by atoms with van der Waals surface area (Å²) in [7, 11) is 0. The molecule has 0 N–H and O–H groups in total. The van der Waals surface area contributed by atoms with Crippen LogP contribution < -0.4 is 4.90 Å². The zero-order valence-corrected chi connectivity index (χ0v) is 13.7. The van der Waals surface area contributed by atoms with Crippen LogP contribution in [-0.2, 0) is 4.79 Å².